The van der Waals surface area contributed by atoms with E-state index in [1.807, 2.05) is 35.9 Å². The van der Waals surface area contributed by atoms with Crippen LogP contribution in [0.5, 0.6) is 0 Å². The van der Waals surface area contributed by atoms with Gasteiger partial charge in [0.25, 0.3) is 0 Å². The fourth-order valence-electron chi connectivity index (χ4n) is 3.09. The van der Waals surface area contributed by atoms with Crippen LogP contribution in [-0.2, 0) is 23.0 Å². The van der Waals surface area contributed by atoms with Crippen molar-refractivity contribution in [2.24, 2.45) is 11.1 Å². The molecule has 0 aliphatic rings. The molecule has 0 spiro atoms. The van der Waals surface area contributed by atoms with Gasteiger partial charge in [0, 0.05) is 29.4 Å². The quantitative estimate of drug-likeness (QED) is 0.608. The van der Waals surface area contributed by atoms with Crippen LogP contribution in [0.3, 0.4) is 0 Å². The van der Waals surface area contributed by atoms with Crippen LogP contribution in [0.15, 0.2) is 40.9 Å². The molecular weight excluding hydrogens is 392 g/mol. The lowest BCUT2D eigenvalue weighted by molar-refractivity contribution is 0.600. The van der Waals surface area contributed by atoms with E-state index in [1.54, 1.807) is 12.3 Å². The van der Waals surface area contributed by atoms with E-state index in [4.69, 9.17) is 11.7 Å². The molecule has 3 aromatic rings. The van der Waals surface area contributed by atoms with Gasteiger partial charge < -0.3 is 4.57 Å². The van der Waals surface area contributed by atoms with Gasteiger partial charge in [-0.15, -0.1) is 11.3 Å². The van der Waals surface area contributed by atoms with Gasteiger partial charge in [-0.25, -0.2) is 23.4 Å². The lowest BCUT2D eigenvalue weighted by Gasteiger charge is -2.09. The normalized spacial score (nSPS) is 11.7. The first-order valence-corrected chi connectivity index (χ1v) is 11.2. The molecule has 146 valence electrons. The average molecular weight is 415 g/mol. The van der Waals surface area contributed by atoms with Gasteiger partial charge in [-0.3, -0.25) is 0 Å². The monoisotopic (exact) mass is 414 g/mol. The third-order valence-electron chi connectivity index (χ3n) is 4.37. The van der Waals surface area contributed by atoms with Crippen molar-refractivity contribution in [3.05, 3.63) is 64.3 Å². The molecule has 2 heterocycles. The van der Waals surface area contributed by atoms with Gasteiger partial charge in [0.05, 0.1) is 6.57 Å². The van der Waals surface area contributed by atoms with Gasteiger partial charge in [0.1, 0.15) is 10.0 Å². The number of rotatable bonds is 6. The molecule has 3 rings (SSSR count). The highest BCUT2D eigenvalue weighted by atomic mass is 32.2. The molecule has 0 aliphatic carbocycles. The Labute approximate surface area is 169 Å². The Kier molecular flexibility index (Phi) is 5.70. The van der Waals surface area contributed by atoms with E-state index in [0.717, 1.165) is 22.7 Å². The maximum absolute atomic E-state index is 12.1. The number of nitrogens with two attached hydrogens (primary N) is 1. The fourth-order valence-corrected chi connectivity index (χ4v) is 5.46. The van der Waals surface area contributed by atoms with Crippen LogP contribution in [-0.4, -0.2) is 18.0 Å². The Morgan fingerprint density at radius 3 is 2.61 bits per heavy atom. The van der Waals surface area contributed by atoms with Crippen molar-refractivity contribution in [2.75, 3.05) is 0 Å². The molecule has 0 radical (unpaired) electrons. The SMILES string of the molecule is [C-]#[N+]c1cc(Cn2ccnc2C)ccc1-c1cc(CC(C)C)sc1S(N)(=O)=O. The van der Waals surface area contributed by atoms with Gasteiger partial charge in [0.2, 0.25) is 10.0 Å². The summed E-state index contributed by atoms with van der Waals surface area (Å²) in [7, 11) is -3.88. The molecule has 0 saturated heterocycles. The summed E-state index contributed by atoms with van der Waals surface area (Å²) in [6.45, 7) is 14.3. The van der Waals surface area contributed by atoms with Crippen LogP contribution in [0.1, 0.15) is 30.1 Å². The van der Waals surface area contributed by atoms with Crippen molar-refractivity contribution < 1.29 is 8.42 Å². The van der Waals surface area contributed by atoms with Crippen LogP contribution in [0.4, 0.5) is 5.69 Å². The first-order chi connectivity index (χ1) is 13.2. The maximum atomic E-state index is 12.1. The van der Waals surface area contributed by atoms with Crippen LogP contribution in [0, 0.1) is 19.4 Å². The van der Waals surface area contributed by atoms with Crippen molar-refractivity contribution in [2.45, 2.75) is 37.9 Å². The number of sulfonamides is 1. The lowest BCUT2D eigenvalue weighted by atomic mass is 10.0. The molecule has 6 nitrogen and oxygen atoms in total. The summed E-state index contributed by atoms with van der Waals surface area (Å²) in [4.78, 5) is 8.80. The smallest absolute Gasteiger partial charge is 0.248 e. The van der Waals surface area contributed by atoms with Crippen LogP contribution in [0.2, 0.25) is 0 Å². The number of thiophene rings is 1. The Balaban J connectivity index is 2.07. The molecular formula is C20H22N4O2S2. The number of benzene rings is 1. The van der Waals surface area contributed by atoms with E-state index in [2.05, 4.69) is 23.7 Å². The van der Waals surface area contributed by atoms with Crippen molar-refractivity contribution in [1.29, 1.82) is 0 Å². The molecule has 28 heavy (non-hydrogen) atoms. The second-order valence-corrected chi connectivity index (χ2v) is 10.0. The predicted octanol–water partition coefficient (Wildman–Crippen LogP) is 4.37. The number of aryl methyl sites for hydroxylation is 1. The highest BCUT2D eigenvalue weighted by Gasteiger charge is 2.22. The van der Waals surface area contributed by atoms with Gasteiger partial charge in [-0.05, 0) is 36.5 Å². The molecule has 0 amide bonds. The molecule has 0 bridgehead atoms. The molecule has 2 N–H and O–H groups in total. The zero-order chi connectivity index (χ0) is 20.5. The Hall–Kier alpha value is -2.47. The minimum atomic E-state index is -3.88. The summed E-state index contributed by atoms with van der Waals surface area (Å²) in [6.07, 6.45) is 4.38. The molecule has 0 aliphatic heterocycles. The van der Waals surface area contributed by atoms with Crippen molar-refractivity contribution >= 4 is 27.0 Å². The summed E-state index contributed by atoms with van der Waals surface area (Å²) in [5, 5.41) is 5.46. The van der Waals surface area contributed by atoms with E-state index in [1.165, 1.54) is 11.3 Å². The number of nitrogens with zero attached hydrogens (tertiary/aromatic N) is 3. The average Bonchev–Trinajstić information content (AvgIpc) is 3.20. The van der Waals surface area contributed by atoms with Gasteiger partial charge in [-0.1, -0.05) is 32.0 Å². The van der Waals surface area contributed by atoms with Crippen molar-refractivity contribution in [1.82, 2.24) is 9.55 Å². The standard InChI is InChI=1S/C20H22N4O2S2/c1-13(2)9-16-11-18(20(27-16)28(21,25)26)17-6-5-15(10-19(17)22-4)12-24-8-7-23-14(24)3/h5-8,10-11,13H,9,12H2,1-3H3,(H2,21,25,26). The van der Waals surface area contributed by atoms with E-state index in [-0.39, 0.29) is 4.21 Å². The first-order valence-electron chi connectivity index (χ1n) is 8.83. The zero-order valence-electron chi connectivity index (χ0n) is 16.0. The third kappa shape index (κ3) is 4.33. The van der Waals surface area contributed by atoms with Crippen LogP contribution in [0.25, 0.3) is 16.0 Å². The number of hydrogen-bond donors (Lipinski definition) is 1. The lowest BCUT2D eigenvalue weighted by Crippen LogP contribution is -2.11. The first kappa shape index (κ1) is 20.3. The summed E-state index contributed by atoms with van der Waals surface area (Å²) in [5.74, 6) is 1.28. The summed E-state index contributed by atoms with van der Waals surface area (Å²) in [5.41, 5.74) is 2.47. The number of imidazole rings is 1. The van der Waals surface area contributed by atoms with Crippen LogP contribution >= 0.6 is 11.3 Å². The fraction of sp³-hybridized carbons (Fsp3) is 0.300. The number of hydrogen-bond acceptors (Lipinski definition) is 4. The molecule has 2 aromatic heterocycles. The van der Waals surface area contributed by atoms with E-state index in [9.17, 15) is 8.42 Å². The van der Waals surface area contributed by atoms with Crippen molar-refractivity contribution in [3.63, 3.8) is 0 Å². The summed E-state index contributed by atoms with van der Waals surface area (Å²) in [6, 6.07) is 7.38. The Morgan fingerprint density at radius 1 is 1.29 bits per heavy atom. The van der Waals surface area contributed by atoms with E-state index < -0.39 is 10.0 Å². The second-order valence-electron chi connectivity index (χ2n) is 7.12. The highest BCUT2D eigenvalue weighted by molar-refractivity contribution is 7.91. The van der Waals surface area contributed by atoms with E-state index in [0.29, 0.717) is 29.3 Å². The molecule has 0 atom stereocenters. The van der Waals surface area contributed by atoms with E-state index >= 15 is 0 Å². The third-order valence-corrected chi connectivity index (χ3v) is 7.00. The highest BCUT2D eigenvalue weighted by Crippen LogP contribution is 2.40. The van der Waals surface area contributed by atoms with Crippen LogP contribution < -0.4 is 5.14 Å². The molecule has 0 unspecified atom stereocenters. The molecule has 1 aromatic carbocycles. The van der Waals surface area contributed by atoms with Gasteiger partial charge >= 0.3 is 0 Å². The second kappa shape index (κ2) is 7.87. The minimum Gasteiger partial charge on any atom is -0.331 e. The van der Waals surface area contributed by atoms with Crippen molar-refractivity contribution in [3.8, 4) is 11.1 Å². The van der Waals surface area contributed by atoms with Gasteiger partial charge in [0.15, 0.2) is 5.69 Å². The largest absolute Gasteiger partial charge is 0.331 e. The Bertz CT molecular complexity index is 1150. The number of aromatic nitrogens is 2. The molecule has 8 heteroatoms. The summed E-state index contributed by atoms with van der Waals surface area (Å²) < 4.78 is 26.4. The maximum Gasteiger partial charge on any atom is 0.248 e. The topological polar surface area (TPSA) is 82.3 Å². The molecule has 0 saturated carbocycles. The number of primary sulfonamides is 1. The Morgan fingerprint density at radius 2 is 2.04 bits per heavy atom. The predicted molar refractivity (Wildman–Crippen MR) is 112 cm³/mol. The molecule has 0 fully saturated rings. The summed E-state index contributed by atoms with van der Waals surface area (Å²) >= 11 is 1.19. The van der Waals surface area contributed by atoms with Gasteiger partial charge in [-0.2, -0.15) is 0 Å². The zero-order valence-corrected chi connectivity index (χ0v) is 17.6. The minimum absolute atomic E-state index is 0.117.